The number of hydrogen-bond acceptors (Lipinski definition) is 4. The zero-order valence-electron chi connectivity index (χ0n) is 10.4. The Morgan fingerprint density at radius 1 is 1.47 bits per heavy atom. The highest BCUT2D eigenvalue weighted by Crippen LogP contribution is 2.33. The number of aliphatic carboxylic acids is 1. The van der Waals surface area contributed by atoms with Crippen molar-refractivity contribution in [2.45, 2.75) is 18.4 Å². The number of ether oxygens (including phenoxy) is 1. The summed E-state index contributed by atoms with van der Waals surface area (Å²) in [7, 11) is 0. The molecular formula is C13H15NO5. The predicted octanol–water partition coefficient (Wildman–Crippen LogP) is 0.114. The molecule has 2 atom stereocenters. The minimum atomic E-state index is -1.98. The van der Waals surface area contributed by atoms with Crippen molar-refractivity contribution >= 4 is 11.9 Å². The van der Waals surface area contributed by atoms with Crippen molar-refractivity contribution < 1.29 is 24.5 Å². The van der Waals surface area contributed by atoms with Gasteiger partial charge in [0.1, 0.15) is 18.3 Å². The molecular weight excluding hydrogens is 250 g/mol. The smallest absolute Gasteiger partial charge is 0.337 e. The summed E-state index contributed by atoms with van der Waals surface area (Å²) < 4.78 is 5.37. The molecule has 0 aliphatic carbocycles. The van der Waals surface area contributed by atoms with Gasteiger partial charge < -0.3 is 20.3 Å². The van der Waals surface area contributed by atoms with Crippen LogP contribution in [0.4, 0.5) is 0 Å². The van der Waals surface area contributed by atoms with Crippen LogP contribution in [0.25, 0.3) is 0 Å². The molecule has 0 fully saturated rings. The summed E-state index contributed by atoms with van der Waals surface area (Å²) in [4.78, 5) is 22.7. The highest BCUT2D eigenvalue weighted by molar-refractivity contribution is 5.86. The van der Waals surface area contributed by atoms with E-state index < -0.39 is 17.5 Å². The largest absolute Gasteiger partial charge is 0.492 e. The minimum Gasteiger partial charge on any atom is -0.492 e. The third kappa shape index (κ3) is 2.68. The van der Waals surface area contributed by atoms with Gasteiger partial charge in [0.15, 0.2) is 5.60 Å². The first kappa shape index (κ1) is 13.4. The van der Waals surface area contributed by atoms with E-state index in [1.165, 1.54) is 0 Å². The highest BCUT2D eigenvalue weighted by Gasteiger charge is 2.34. The Kier molecular flexibility index (Phi) is 3.44. The predicted molar refractivity (Wildman–Crippen MR) is 65.9 cm³/mol. The molecule has 0 radical (unpaired) electrons. The maximum atomic E-state index is 12.0. The molecule has 0 saturated carbocycles. The van der Waals surface area contributed by atoms with Crippen molar-refractivity contribution in [1.82, 2.24) is 5.32 Å². The molecule has 1 aliphatic rings. The number of fused-ring (bicyclic) bond motifs is 1. The number of rotatable bonds is 4. The first-order valence-corrected chi connectivity index (χ1v) is 5.87. The van der Waals surface area contributed by atoms with Crippen molar-refractivity contribution in [3.05, 3.63) is 29.8 Å². The maximum absolute atomic E-state index is 12.0. The normalized spacial score (nSPS) is 20.0. The molecule has 0 spiro atoms. The monoisotopic (exact) mass is 265 g/mol. The number of carboxylic acid groups (broad SMARTS) is 1. The second-order valence-electron chi connectivity index (χ2n) is 4.70. The lowest BCUT2D eigenvalue weighted by atomic mass is 10.00. The van der Waals surface area contributed by atoms with Crippen molar-refractivity contribution in [1.29, 1.82) is 0 Å². The number of carboxylic acids is 1. The van der Waals surface area contributed by atoms with E-state index >= 15 is 0 Å². The molecule has 0 saturated heterocycles. The topological polar surface area (TPSA) is 95.9 Å². The summed E-state index contributed by atoms with van der Waals surface area (Å²) in [6, 6.07) is 7.19. The SMILES string of the molecule is CC(O)(CNC(=O)C1COc2ccccc21)C(=O)O. The van der Waals surface area contributed by atoms with Gasteiger partial charge in [0.2, 0.25) is 5.91 Å². The van der Waals surface area contributed by atoms with Crippen LogP contribution in [0.3, 0.4) is 0 Å². The number of carbonyl (C=O) groups excluding carboxylic acids is 1. The van der Waals surface area contributed by atoms with E-state index in [0.717, 1.165) is 12.5 Å². The molecule has 6 heteroatoms. The number of benzene rings is 1. The molecule has 0 aromatic heterocycles. The van der Waals surface area contributed by atoms with Crippen LogP contribution in [0.2, 0.25) is 0 Å². The molecule has 1 aliphatic heterocycles. The molecule has 1 amide bonds. The van der Waals surface area contributed by atoms with E-state index in [2.05, 4.69) is 5.32 Å². The molecule has 1 heterocycles. The average molecular weight is 265 g/mol. The number of para-hydroxylation sites is 1. The van der Waals surface area contributed by atoms with Crippen LogP contribution in [0.15, 0.2) is 24.3 Å². The second kappa shape index (κ2) is 4.89. The van der Waals surface area contributed by atoms with E-state index in [1.807, 2.05) is 6.07 Å². The van der Waals surface area contributed by atoms with Gasteiger partial charge in [-0.15, -0.1) is 0 Å². The summed E-state index contributed by atoms with van der Waals surface area (Å²) >= 11 is 0. The first-order chi connectivity index (χ1) is 8.92. The van der Waals surface area contributed by atoms with Gasteiger partial charge in [0.25, 0.3) is 0 Å². The van der Waals surface area contributed by atoms with E-state index in [4.69, 9.17) is 9.84 Å². The van der Waals surface area contributed by atoms with Gasteiger partial charge in [-0.2, -0.15) is 0 Å². The van der Waals surface area contributed by atoms with E-state index in [-0.39, 0.29) is 19.1 Å². The third-order valence-corrected chi connectivity index (χ3v) is 3.08. The third-order valence-electron chi connectivity index (χ3n) is 3.08. The van der Waals surface area contributed by atoms with Crippen molar-refractivity contribution in [2.24, 2.45) is 0 Å². The summed E-state index contributed by atoms with van der Waals surface area (Å²) in [5.41, 5.74) is -1.20. The molecule has 3 N–H and O–H groups in total. The van der Waals surface area contributed by atoms with Gasteiger partial charge in [-0.1, -0.05) is 18.2 Å². The van der Waals surface area contributed by atoms with Gasteiger partial charge in [0, 0.05) is 5.56 Å². The molecule has 6 nitrogen and oxygen atoms in total. The Labute approximate surface area is 110 Å². The van der Waals surface area contributed by atoms with Gasteiger partial charge in [-0.3, -0.25) is 4.79 Å². The number of aliphatic hydroxyl groups is 1. The second-order valence-corrected chi connectivity index (χ2v) is 4.70. The Bertz CT molecular complexity index is 512. The molecule has 2 rings (SSSR count). The fourth-order valence-corrected chi connectivity index (χ4v) is 1.84. The van der Waals surface area contributed by atoms with Crippen LogP contribution in [-0.2, 0) is 9.59 Å². The minimum absolute atomic E-state index is 0.223. The Morgan fingerprint density at radius 2 is 2.16 bits per heavy atom. The van der Waals surface area contributed by atoms with Crippen molar-refractivity contribution in [3.8, 4) is 5.75 Å². The van der Waals surface area contributed by atoms with Crippen LogP contribution in [0.5, 0.6) is 5.75 Å². The van der Waals surface area contributed by atoms with Crippen LogP contribution in [-0.4, -0.2) is 40.8 Å². The lowest BCUT2D eigenvalue weighted by molar-refractivity contribution is -0.156. The Morgan fingerprint density at radius 3 is 2.84 bits per heavy atom. The van der Waals surface area contributed by atoms with E-state index in [1.54, 1.807) is 18.2 Å². The van der Waals surface area contributed by atoms with Gasteiger partial charge >= 0.3 is 5.97 Å². The zero-order chi connectivity index (χ0) is 14.0. The summed E-state index contributed by atoms with van der Waals surface area (Å²) in [5, 5.41) is 20.7. The zero-order valence-corrected chi connectivity index (χ0v) is 10.4. The number of carbonyl (C=O) groups is 2. The summed E-state index contributed by atoms with van der Waals surface area (Å²) in [5.74, 6) is -1.55. The van der Waals surface area contributed by atoms with Gasteiger partial charge in [0.05, 0.1) is 6.54 Å². The lowest BCUT2D eigenvalue weighted by Gasteiger charge is -2.19. The Balaban J connectivity index is 2.01. The number of hydrogen-bond donors (Lipinski definition) is 3. The molecule has 2 unspecified atom stereocenters. The standard InChI is InChI=1S/C13H15NO5/c1-13(18,12(16)17)7-14-11(15)9-6-19-10-5-3-2-4-8(9)10/h2-5,9,18H,6-7H2,1H3,(H,14,15)(H,16,17). The first-order valence-electron chi connectivity index (χ1n) is 5.87. The molecule has 19 heavy (non-hydrogen) atoms. The average Bonchev–Trinajstić information content (AvgIpc) is 2.79. The van der Waals surface area contributed by atoms with Crippen LogP contribution < -0.4 is 10.1 Å². The Hall–Kier alpha value is -2.08. The molecule has 1 aromatic rings. The highest BCUT2D eigenvalue weighted by atomic mass is 16.5. The molecule has 0 bridgehead atoms. The number of amides is 1. The quantitative estimate of drug-likeness (QED) is 0.718. The fourth-order valence-electron chi connectivity index (χ4n) is 1.84. The van der Waals surface area contributed by atoms with Crippen LogP contribution >= 0.6 is 0 Å². The number of nitrogens with one attached hydrogen (secondary N) is 1. The van der Waals surface area contributed by atoms with E-state index in [9.17, 15) is 14.7 Å². The van der Waals surface area contributed by atoms with E-state index in [0.29, 0.717) is 5.75 Å². The molecule has 1 aromatic carbocycles. The maximum Gasteiger partial charge on any atom is 0.337 e. The fraction of sp³-hybridized carbons (Fsp3) is 0.385. The van der Waals surface area contributed by atoms with Crippen molar-refractivity contribution in [2.75, 3.05) is 13.2 Å². The van der Waals surface area contributed by atoms with Crippen LogP contribution in [0, 0.1) is 0 Å². The lowest BCUT2D eigenvalue weighted by Crippen LogP contribution is -2.47. The molecule has 102 valence electrons. The summed E-state index contributed by atoms with van der Waals surface area (Å²) in [6.07, 6.45) is 0. The summed E-state index contributed by atoms with van der Waals surface area (Å²) in [6.45, 7) is 1.01. The van der Waals surface area contributed by atoms with Gasteiger partial charge in [-0.25, -0.2) is 4.79 Å². The van der Waals surface area contributed by atoms with Crippen LogP contribution in [0.1, 0.15) is 18.4 Å². The van der Waals surface area contributed by atoms with Gasteiger partial charge in [-0.05, 0) is 13.0 Å². The van der Waals surface area contributed by atoms with Crippen molar-refractivity contribution in [3.63, 3.8) is 0 Å².